The summed E-state index contributed by atoms with van der Waals surface area (Å²) in [6, 6.07) is 1.82. The van der Waals surface area contributed by atoms with Gasteiger partial charge in [0.25, 0.3) is 0 Å². The van der Waals surface area contributed by atoms with Crippen molar-refractivity contribution in [3.63, 3.8) is 0 Å². The summed E-state index contributed by atoms with van der Waals surface area (Å²) < 4.78 is 5.19. The zero-order valence-electron chi connectivity index (χ0n) is 7.50. The van der Waals surface area contributed by atoms with Crippen molar-refractivity contribution in [1.29, 1.82) is 0 Å². The maximum atomic E-state index is 11.3. The van der Waals surface area contributed by atoms with Gasteiger partial charge in [0.2, 0.25) is 0 Å². The molecule has 0 atom stereocenters. The second kappa shape index (κ2) is 4.37. The van der Waals surface area contributed by atoms with Gasteiger partial charge in [-0.15, -0.1) is 0 Å². The van der Waals surface area contributed by atoms with Gasteiger partial charge >= 0.3 is 5.97 Å². The molecule has 0 amide bonds. The van der Waals surface area contributed by atoms with E-state index in [-0.39, 0.29) is 5.97 Å². The van der Waals surface area contributed by atoms with Gasteiger partial charge < -0.3 is 4.74 Å². The minimum Gasteiger partial charge on any atom is -0.465 e. The maximum absolute atomic E-state index is 11.3. The Balaban J connectivity index is 3.22. The fraction of sp³-hybridized carbons (Fsp3) is 0.333. The van der Waals surface area contributed by atoms with E-state index in [4.69, 9.17) is 0 Å². The third-order valence-corrected chi connectivity index (χ3v) is 2.36. The average Bonchev–Trinajstić information content (AvgIpc) is 2.16. The zero-order valence-corrected chi connectivity index (χ0v) is 9.09. The first-order valence-electron chi connectivity index (χ1n) is 3.92. The van der Waals surface area contributed by atoms with Crippen molar-refractivity contribution >= 4 is 21.9 Å². The van der Waals surface area contributed by atoms with Gasteiger partial charge in [-0.1, -0.05) is 6.92 Å². The second-order valence-corrected chi connectivity index (χ2v) is 3.23. The Morgan fingerprint density at radius 3 is 2.92 bits per heavy atom. The van der Waals surface area contributed by atoms with Crippen LogP contribution in [0.25, 0.3) is 0 Å². The van der Waals surface area contributed by atoms with E-state index in [2.05, 4.69) is 25.7 Å². The van der Waals surface area contributed by atoms with Crippen molar-refractivity contribution in [2.75, 3.05) is 7.11 Å². The third kappa shape index (κ3) is 2.06. The largest absolute Gasteiger partial charge is 0.465 e. The molecule has 3 nitrogen and oxygen atoms in total. The number of hydrogen-bond donors (Lipinski definition) is 0. The Bertz CT molecular complexity index is 325. The molecule has 1 aromatic heterocycles. The summed E-state index contributed by atoms with van der Waals surface area (Å²) in [7, 11) is 1.36. The van der Waals surface area contributed by atoms with Gasteiger partial charge in [-0.2, -0.15) is 0 Å². The van der Waals surface area contributed by atoms with Crippen molar-refractivity contribution in [2.24, 2.45) is 0 Å². The van der Waals surface area contributed by atoms with Crippen LogP contribution in [-0.4, -0.2) is 18.1 Å². The summed E-state index contributed by atoms with van der Waals surface area (Å²) in [4.78, 5) is 15.3. The molecule has 1 aromatic rings. The lowest BCUT2D eigenvalue weighted by molar-refractivity contribution is 0.0598. The number of methoxy groups -OCH3 is 1. The maximum Gasteiger partial charge on any atom is 0.340 e. The minimum atomic E-state index is -0.350. The molecule has 0 N–H and O–H groups in total. The number of hydrogen-bond acceptors (Lipinski definition) is 3. The standard InChI is InChI=1S/C9H10BrNO2/c1-3-6-4-5-11-8(10)7(6)9(12)13-2/h4-5H,3H2,1-2H3. The number of rotatable bonds is 2. The highest BCUT2D eigenvalue weighted by Gasteiger charge is 2.14. The summed E-state index contributed by atoms with van der Waals surface area (Å²) >= 11 is 3.22. The Kier molecular flexibility index (Phi) is 3.42. The number of halogens is 1. The highest BCUT2D eigenvalue weighted by atomic mass is 79.9. The van der Waals surface area contributed by atoms with Crippen molar-refractivity contribution in [2.45, 2.75) is 13.3 Å². The average molecular weight is 244 g/mol. The van der Waals surface area contributed by atoms with Crippen LogP contribution in [0.4, 0.5) is 0 Å². The monoisotopic (exact) mass is 243 g/mol. The second-order valence-electron chi connectivity index (χ2n) is 2.48. The molecule has 0 unspecified atom stereocenters. The highest BCUT2D eigenvalue weighted by Crippen LogP contribution is 2.19. The van der Waals surface area contributed by atoms with Gasteiger partial charge in [-0.05, 0) is 34.0 Å². The highest BCUT2D eigenvalue weighted by molar-refractivity contribution is 9.10. The Morgan fingerprint density at radius 2 is 2.38 bits per heavy atom. The molecule has 0 aromatic carbocycles. The van der Waals surface area contributed by atoms with E-state index in [1.807, 2.05) is 13.0 Å². The van der Waals surface area contributed by atoms with Gasteiger partial charge in [0.15, 0.2) is 0 Å². The SMILES string of the molecule is CCc1ccnc(Br)c1C(=O)OC. The van der Waals surface area contributed by atoms with Crippen LogP contribution in [-0.2, 0) is 11.2 Å². The molecule has 0 aliphatic carbocycles. The number of aromatic nitrogens is 1. The van der Waals surface area contributed by atoms with Gasteiger partial charge in [0.1, 0.15) is 4.60 Å². The van der Waals surface area contributed by atoms with E-state index in [0.29, 0.717) is 10.2 Å². The van der Waals surface area contributed by atoms with E-state index in [9.17, 15) is 4.79 Å². The van der Waals surface area contributed by atoms with E-state index in [1.54, 1.807) is 6.20 Å². The molecular formula is C9H10BrNO2. The normalized spacial score (nSPS) is 9.77. The predicted molar refractivity (Wildman–Crippen MR) is 52.7 cm³/mol. The molecule has 4 heteroatoms. The van der Waals surface area contributed by atoms with Crippen LogP contribution in [0.15, 0.2) is 16.9 Å². The van der Waals surface area contributed by atoms with Crippen LogP contribution in [0.3, 0.4) is 0 Å². The van der Waals surface area contributed by atoms with Crippen LogP contribution in [0, 0.1) is 0 Å². The number of nitrogens with zero attached hydrogens (tertiary/aromatic N) is 1. The van der Waals surface area contributed by atoms with Gasteiger partial charge in [0.05, 0.1) is 12.7 Å². The first kappa shape index (κ1) is 10.2. The van der Waals surface area contributed by atoms with E-state index in [0.717, 1.165) is 12.0 Å². The van der Waals surface area contributed by atoms with Crippen molar-refractivity contribution in [3.8, 4) is 0 Å². The molecule has 0 aliphatic rings. The molecule has 70 valence electrons. The molecule has 0 saturated heterocycles. The molecular weight excluding hydrogens is 234 g/mol. The molecule has 0 spiro atoms. The molecule has 0 bridgehead atoms. The number of carbonyl (C=O) groups is 1. The summed E-state index contributed by atoms with van der Waals surface area (Å²) in [6.07, 6.45) is 2.45. The minimum absolute atomic E-state index is 0.350. The molecule has 0 aliphatic heterocycles. The third-order valence-electron chi connectivity index (χ3n) is 1.76. The summed E-state index contributed by atoms with van der Waals surface area (Å²) in [6.45, 7) is 1.98. The van der Waals surface area contributed by atoms with E-state index in [1.165, 1.54) is 7.11 Å². The lowest BCUT2D eigenvalue weighted by Crippen LogP contribution is -2.07. The Hall–Kier alpha value is -0.900. The number of carbonyl (C=O) groups excluding carboxylic acids is 1. The first-order chi connectivity index (χ1) is 6.20. The molecule has 1 heterocycles. The first-order valence-corrected chi connectivity index (χ1v) is 4.71. The van der Waals surface area contributed by atoms with Crippen LogP contribution in [0.5, 0.6) is 0 Å². The molecule has 0 radical (unpaired) electrons. The van der Waals surface area contributed by atoms with E-state index < -0.39 is 0 Å². The number of aryl methyl sites for hydroxylation is 1. The summed E-state index contributed by atoms with van der Waals surface area (Å²) in [5, 5.41) is 0. The Labute approximate surface area is 85.3 Å². The Morgan fingerprint density at radius 1 is 1.69 bits per heavy atom. The molecule has 13 heavy (non-hydrogen) atoms. The van der Waals surface area contributed by atoms with Crippen molar-refractivity contribution < 1.29 is 9.53 Å². The fourth-order valence-corrected chi connectivity index (χ4v) is 1.62. The summed E-state index contributed by atoms with van der Waals surface area (Å²) in [5.74, 6) is -0.350. The van der Waals surface area contributed by atoms with Crippen LogP contribution in [0.1, 0.15) is 22.8 Å². The van der Waals surface area contributed by atoms with Crippen LogP contribution >= 0.6 is 15.9 Å². The van der Waals surface area contributed by atoms with Crippen LogP contribution in [0.2, 0.25) is 0 Å². The lowest BCUT2D eigenvalue weighted by atomic mass is 10.1. The topological polar surface area (TPSA) is 39.2 Å². The van der Waals surface area contributed by atoms with Crippen molar-refractivity contribution in [3.05, 3.63) is 28.0 Å². The van der Waals surface area contributed by atoms with E-state index >= 15 is 0 Å². The molecule has 0 saturated carbocycles. The van der Waals surface area contributed by atoms with Gasteiger partial charge in [-0.25, -0.2) is 9.78 Å². The van der Waals surface area contributed by atoms with Crippen molar-refractivity contribution in [1.82, 2.24) is 4.98 Å². The number of esters is 1. The van der Waals surface area contributed by atoms with Gasteiger partial charge in [-0.3, -0.25) is 0 Å². The summed E-state index contributed by atoms with van der Waals surface area (Å²) in [5.41, 5.74) is 1.46. The number of pyridine rings is 1. The zero-order chi connectivity index (χ0) is 9.84. The molecule has 0 fully saturated rings. The smallest absolute Gasteiger partial charge is 0.340 e. The predicted octanol–water partition coefficient (Wildman–Crippen LogP) is 2.19. The van der Waals surface area contributed by atoms with Crippen LogP contribution < -0.4 is 0 Å². The molecule has 1 rings (SSSR count). The lowest BCUT2D eigenvalue weighted by Gasteiger charge is -2.06. The fourth-order valence-electron chi connectivity index (χ4n) is 1.09. The quantitative estimate of drug-likeness (QED) is 0.591. The van der Waals surface area contributed by atoms with Gasteiger partial charge in [0, 0.05) is 6.20 Å². The number of ether oxygens (including phenoxy) is 1.